The minimum absolute atomic E-state index is 0.0718. The molecule has 14 heteroatoms. The van der Waals surface area contributed by atoms with Crippen molar-refractivity contribution in [3.63, 3.8) is 0 Å². The quantitative estimate of drug-likeness (QED) is 0.180. The lowest BCUT2D eigenvalue weighted by Crippen LogP contribution is -2.78. The number of hydrogen-bond acceptors (Lipinski definition) is 11. The summed E-state index contributed by atoms with van der Waals surface area (Å²) in [4.78, 5) is 52.5. The van der Waals surface area contributed by atoms with Crippen LogP contribution in [0.3, 0.4) is 0 Å². The number of hydrogen-bond donors (Lipinski definition) is 6. The van der Waals surface area contributed by atoms with Crippen LogP contribution in [0.15, 0.2) is 58.5 Å². The molecular weight excluding hydrogens is 542 g/mol. The van der Waals surface area contributed by atoms with E-state index in [0.29, 0.717) is 11.3 Å². The Balaban J connectivity index is 1.17. The van der Waals surface area contributed by atoms with E-state index in [2.05, 4.69) is 20.6 Å². The van der Waals surface area contributed by atoms with E-state index in [1.165, 1.54) is 9.80 Å². The Morgan fingerprint density at radius 3 is 2.64 bits per heavy atom. The van der Waals surface area contributed by atoms with Gasteiger partial charge in [-0.1, -0.05) is 30.3 Å². The van der Waals surface area contributed by atoms with Crippen molar-refractivity contribution in [1.82, 2.24) is 20.4 Å². The number of nitrogens with two attached hydrogens (primary N) is 2. The molecule has 4 amide bonds. The number of amides is 4. The fourth-order valence-electron chi connectivity index (χ4n) is 7.02. The lowest BCUT2D eigenvalue weighted by molar-refractivity contribution is -0.230. The Labute approximate surface area is 240 Å². The van der Waals surface area contributed by atoms with Crippen molar-refractivity contribution in [3.05, 3.63) is 65.2 Å². The van der Waals surface area contributed by atoms with Crippen LogP contribution in [0, 0.1) is 0 Å². The Morgan fingerprint density at radius 2 is 1.86 bits per heavy atom. The molecule has 14 nitrogen and oxygen atoms in total. The first-order chi connectivity index (χ1) is 20.1. The van der Waals surface area contributed by atoms with Crippen molar-refractivity contribution in [2.45, 2.75) is 48.8 Å². The van der Waals surface area contributed by atoms with Crippen molar-refractivity contribution >= 4 is 35.5 Å². The van der Waals surface area contributed by atoms with Gasteiger partial charge in [-0.05, 0) is 48.6 Å². The molecule has 0 radical (unpaired) electrons. The molecule has 42 heavy (non-hydrogen) atoms. The molecule has 1 spiro atoms. The van der Waals surface area contributed by atoms with Crippen molar-refractivity contribution in [2.24, 2.45) is 21.5 Å². The third kappa shape index (κ3) is 3.61. The van der Waals surface area contributed by atoms with Crippen molar-refractivity contribution in [2.75, 3.05) is 24.5 Å². The van der Waals surface area contributed by atoms with Gasteiger partial charge in [0.2, 0.25) is 5.79 Å². The van der Waals surface area contributed by atoms with E-state index in [-0.39, 0.29) is 31.6 Å². The molecule has 2 aromatic carbocycles. The van der Waals surface area contributed by atoms with E-state index in [0.717, 1.165) is 35.3 Å². The number of guanidine groups is 2. The van der Waals surface area contributed by atoms with E-state index in [4.69, 9.17) is 11.5 Å². The molecule has 7 rings (SSSR count). The highest BCUT2D eigenvalue weighted by Crippen LogP contribution is 2.45. The maximum Gasteiger partial charge on any atom is 0.331 e. The first-order valence-corrected chi connectivity index (χ1v) is 13.9. The standard InChI is InChI=1S/C28H31N9O5/c29-24-33-22-19(12-36-21(38)14-35(26(36)40)16-8-2-1-3-9-16)31-25(30)37-13-20(28(41,42)27(22,37)34-24)32-23(39)18-11-5-7-15-6-4-10-17(15)18/h1-3,5,7-9,11,19-20,22,41-42H,4,6,10,12-14H2,(H2,30,31)(H,32,39)(H3,29,33,34)/t19-,20-,22-,27-/m0/s1. The van der Waals surface area contributed by atoms with Gasteiger partial charge < -0.3 is 37.2 Å². The predicted octanol–water partition coefficient (Wildman–Crippen LogP) is -1.58. The summed E-state index contributed by atoms with van der Waals surface area (Å²) in [6.45, 7) is -0.475. The zero-order valence-electron chi connectivity index (χ0n) is 22.6. The molecule has 218 valence electrons. The van der Waals surface area contributed by atoms with Crippen molar-refractivity contribution in [3.8, 4) is 0 Å². The average Bonchev–Trinajstić information content (AvgIpc) is 3.71. The van der Waals surface area contributed by atoms with Gasteiger partial charge in [-0.2, -0.15) is 0 Å². The fraction of sp³-hybridized carbons (Fsp3) is 0.393. The number of benzene rings is 2. The number of carbonyl (C=O) groups is 3. The second-order valence-corrected chi connectivity index (χ2v) is 11.3. The highest BCUT2D eigenvalue weighted by Gasteiger charge is 2.73. The minimum Gasteiger partial charge on any atom is -0.370 e. The van der Waals surface area contributed by atoms with Gasteiger partial charge >= 0.3 is 6.03 Å². The van der Waals surface area contributed by atoms with Crippen LogP contribution in [0.1, 0.15) is 27.9 Å². The second kappa shape index (κ2) is 9.16. The Kier molecular flexibility index (Phi) is 5.72. The number of rotatable bonds is 5. The first-order valence-electron chi connectivity index (χ1n) is 13.9. The van der Waals surface area contributed by atoms with Gasteiger partial charge in [0.15, 0.2) is 17.6 Å². The summed E-state index contributed by atoms with van der Waals surface area (Å²) in [6, 6.07) is 10.6. The molecule has 0 aromatic heterocycles. The van der Waals surface area contributed by atoms with Gasteiger partial charge in [-0.25, -0.2) is 14.8 Å². The molecule has 5 aliphatic rings. The molecule has 0 bridgehead atoms. The average molecular weight is 574 g/mol. The number of anilines is 1. The highest BCUT2D eigenvalue weighted by atomic mass is 16.5. The van der Waals surface area contributed by atoms with Gasteiger partial charge in [-0.15, -0.1) is 0 Å². The SMILES string of the molecule is NC1=N[C@H]2[C@H](CN3C(=O)CN(c4ccccc4)C3=O)N=C(N)N3C[C@H](NC(=O)c4cccc5c4CCC5)C(O)(O)[C@]23N1. The van der Waals surface area contributed by atoms with E-state index in [1.807, 2.05) is 18.2 Å². The van der Waals surface area contributed by atoms with Gasteiger partial charge in [0.1, 0.15) is 18.6 Å². The van der Waals surface area contributed by atoms with Gasteiger partial charge in [0.05, 0.1) is 12.6 Å². The summed E-state index contributed by atoms with van der Waals surface area (Å²) in [7, 11) is 0. The zero-order valence-corrected chi connectivity index (χ0v) is 22.6. The normalized spacial score (nSPS) is 29.1. The minimum atomic E-state index is -2.64. The Hall–Kier alpha value is -4.69. The molecule has 8 N–H and O–H groups in total. The number of urea groups is 1. The van der Waals surface area contributed by atoms with Crippen molar-refractivity contribution in [1.29, 1.82) is 0 Å². The van der Waals surface area contributed by atoms with Gasteiger partial charge in [0.25, 0.3) is 11.8 Å². The van der Waals surface area contributed by atoms with E-state index < -0.39 is 47.4 Å². The maximum absolute atomic E-state index is 13.4. The summed E-state index contributed by atoms with van der Waals surface area (Å²) >= 11 is 0. The van der Waals surface area contributed by atoms with E-state index >= 15 is 0 Å². The first kappa shape index (κ1) is 26.2. The van der Waals surface area contributed by atoms with Crippen LogP contribution in [0.4, 0.5) is 10.5 Å². The number of para-hydroxylation sites is 1. The van der Waals surface area contributed by atoms with Crippen LogP contribution >= 0.6 is 0 Å². The molecule has 4 heterocycles. The van der Waals surface area contributed by atoms with Crippen LogP contribution in [0.25, 0.3) is 0 Å². The fourth-order valence-corrected chi connectivity index (χ4v) is 7.02. The number of aryl methyl sites for hydroxylation is 1. The van der Waals surface area contributed by atoms with Crippen LogP contribution in [0.2, 0.25) is 0 Å². The Morgan fingerprint density at radius 1 is 1.07 bits per heavy atom. The lowest BCUT2D eigenvalue weighted by atomic mass is 9.84. The molecule has 2 aromatic rings. The molecule has 4 atom stereocenters. The summed E-state index contributed by atoms with van der Waals surface area (Å²) in [5.74, 6) is -3.68. The third-order valence-electron chi connectivity index (χ3n) is 8.99. The largest absolute Gasteiger partial charge is 0.370 e. The lowest BCUT2D eigenvalue weighted by Gasteiger charge is -2.49. The topological polar surface area (TPSA) is 202 Å². The third-order valence-corrected chi connectivity index (χ3v) is 8.99. The smallest absolute Gasteiger partial charge is 0.331 e. The number of nitrogens with one attached hydrogen (secondary N) is 2. The van der Waals surface area contributed by atoms with Crippen LogP contribution in [-0.2, 0) is 17.6 Å². The number of aliphatic imine (C=N–C) groups is 2. The number of nitrogens with zero attached hydrogens (tertiary/aromatic N) is 5. The van der Waals surface area contributed by atoms with Gasteiger partial charge in [-0.3, -0.25) is 19.4 Å². The maximum atomic E-state index is 13.4. The molecule has 1 aliphatic carbocycles. The summed E-state index contributed by atoms with van der Waals surface area (Å²) < 4.78 is 0. The second-order valence-electron chi connectivity index (χ2n) is 11.3. The Bertz CT molecular complexity index is 1560. The van der Waals surface area contributed by atoms with Crippen LogP contribution in [0.5, 0.6) is 0 Å². The number of aliphatic hydroxyl groups is 2. The highest BCUT2D eigenvalue weighted by molar-refractivity contribution is 6.12. The van der Waals surface area contributed by atoms with Crippen LogP contribution in [-0.4, -0.2) is 99.0 Å². The summed E-state index contributed by atoms with van der Waals surface area (Å²) in [5.41, 5.74) is 13.8. The molecule has 2 fully saturated rings. The number of imide groups is 1. The van der Waals surface area contributed by atoms with E-state index in [1.54, 1.807) is 30.3 Å². The van der Waals surface area contributed by atoms with E-state index in [9.17, 15) is 24.6 Å². The van der Waals surface area contributed by atoms with Gasteiger partial charge in [0, 0.05) is 17.8 Å². The zero-order chi connectivity index (χ0) is 29.4. The molecule has 4 aliphatic heterocycles. The number of carbonyl (C=O) groups excluding carboxylic acids is 3. The monoisotopic (exact) mass is 573 g/mol. The number of fused-ring (bicyclic) bond motifs is 1. The summed E-state index contributed by atoms with van der Waals surface area (Å²) in [5, 5.41) is 29.2. The summed E-state index contributed by atoms with van der Waals surface area (Å²) in [6.07, 6.45) is 2.61. The predicted molar refractivity (Wildman–Crippen MR) is 151 cm³/mol. The molecule has 0 saturated carbocycles. The molecular formula is C28H31N9O5. The molecule has 0 unspecified atom stereocenters. The molecule has 2 saturated heterocycles. The van der Waals surface area contributed by atoms with Crippen LogP contribution < -0.4 is 27.0 Å². The van der Waals surface area contributed by atoms with Crippen molar-refractivity contribution < 1.29 is 24.6 Å².